The average molecular weight is 347 g/mol. The number of nitrogens with one attached hydrogen (secondary N) is 1. The third-order valence-corrected chi connectivity index (χ3v) is 6.86. The normalized spacial score (nSPS) is 29.2. The molecular formula is C17H25N5OS. The van der Waals surface area contributed by atoms with E-state index >= 15 is 0 Å². The molecule has 1 aromatic rings. The van der Waals surface area contributed by atoms with E-state index in [1.165, 1.54) is 18.2 Å². The van der Waals surface area contributed by atoms with Crippen molar-refractivity contribution in [2.75, 3.05) is 11.5 Å². The summed E-state index contributed by atoms with van der Waals surface area (Å²) in [5.74, 6) is 1.18. The van der Waals surface area contributed by atoms with Crippen LogP contribution in [0.5, 0.6) is 0 Å². The van der Waals surface area contributed by atoms with Gasteiger partial charge in [0.2, 0.25) is 0 Å². The van der Waals surface area contributed by atoms with E-state index in [1.54, 1.807) is 6.07 Å². The molecule has 1 heterocycles. The number of anilines is 1. The number of aromatic nitrogens is 2. The van der Waals surface area contributed by atoms with Gasteiger partial charge in [-0.2, -0.15) is 5.10 Å². The van der Waals surface area contributed by atoms with Gasteiger partial charge >= 0.3 is 0 Å². The molecule has 0 aliphatic heterocycles. The van der Waals surface area contributed by atoms with Gasteiger partial charge in [-0.15, -0.1) is 0 Å². The lowest BCUT2D eigenvalue weighted by molar-refractivity contribution is -0.118. The van der Waals surface area contributed by atoms with Crippen molar-refractivity contribution in [2.45, 2.75) is 52.1 Å². The summed E-state index contributed by atoms with van der Waals surface area (Å²) in [4.78, 5) is 20.5. The van der Waals surface area contributed by atoms with E-state index in [2.05, 4.69) is 41.3 Å². The maximum Gasteiger partial charge on any atom is 0.250 e. The number of hydrogen-bond acceptors (Lipinski definition) is 6. The maximum absolute atomic E-state index is 12.1. The van der Waals surface area contributed by atoms with E-state index in [0.29, 0.717) is 16.9 Å². The summed E-state index contributed by atoms with van der Waals surface area (Å²) in [6.45, 7) is 8.78. The van der Waals surface area contributed by atoms with Crippen molar-refractivity contribution in [3.05, 3.63) is 11.8 Å². The predicted octanol–water partition coefficient (Wildman–Crippen LogP) is 2.78. The number of nitrogen functional groups attached to an aromatic ring is 1. The van der Waals surface area contributed by atoms with Gasteiger partial charge in [0.25, 0.3) is 5.91 Å². The predicted molar refractivity (Wildman–Crippen MR) is 96.7 cm³/mol. The van der Waals surface area contributed by atoms with E-state index in [0.717, 1.165) is 24.2 Å². The summed E-state index contributed by atoms with van der Waals surface area (Å²) >= 11 is 1.27. The van der Waals surface area contributed by atoms with Crippen LogP contribution in [0.1, 0.15) is 45.7 Å². The highest BCUT2D eigenvalue weighted by molar-refractivity contribution is 7.99. The number of rotatable bonds is 4. The highest BCUT2D eigenvalue weighted by atomic mass is 32.2. The lowest BCUT2D eigenvalue weighted by Gasteiger charge is -2.34. The van der Waals surface area contributed by atoms with Crippen LogP contribution < -0.4 is 11.2 Å². The topological polar surface area (TPSA) is 93.3 Å². The Morgan fingerprint density at radius 1 is 1.46 bits per heavy atom. The first kappa shape index (κ1) is 17.2. The number of carbonyl (C=O) groups is 1. The molecule has 2 fully saturated rings. The first-order chi connectivity index (χ1) is 11.2. The molecule has 0 radical (unpaired) electrons. The minimum absolute atomic E-state index is 0.103. The van der Waals surface area contributed by atoms with Crippen LogP contribution in [0.2, 0.25) is 0 Å². The summed E-state index contributed by atoms with van der Waals surface area (Å²) < 4.78 is 0. The molecule has 0 aromatic carbocycles. The van der Waals surface area contributed by atoms with Crippen LogP contribution in [0.15, 0.2) is 16.3 Å². The smallest absolute Gasteiger partial charge is 0.250 e. The molecule has 2 atom stereocenters. The number of carbonyl (C=O) groups excluding carboxylic acids is 1. The van der Waals surface area contributed by atoms with Crippen molar-refractivity contribution in [3.63, 3.8) is 0 Å². The van der Waals surface area contributed by atoms with Gasteiger partial charge in [-0.1, -0.05) is 32.5 Å². The van der Waals surface area contributed by atoms with Crippen molar-refractivity contribution >= 4 is 29.2 Å². The molecule has 3 rings (SSSR count). The number of hydrogen-bond donors (Lipinski definition) is 2. The first-order valence-corrected chi connectivity index (χ1v) is 9.31. The summed E-state index contributed by atoms with van der Waals surface area (Å²) in [5.41, 5.74) is 10.7. The number of aryl methyl sites for hydroxylation is 1. The fourth-order valence-corrected chi connectivity index (χ4v) is 4.72. The van der Waals surface area contributed by atoms with Crippen LogP contribution in [0.3, 0.4) is 0 Å². The number of nitrogens with two attached hydrogens (primary N) is 1. The number of thioether (sulfide) groups is 1. The van der Waals surface area contributed by atoms with Crippen LogP contribution in [0.4, 0.5) is 5.82 Å². The second-order valence-electron chi connectivity index (χ2n) is 7.59. The van der Waals surface area contributed by atoms with Gasteiger partial charge in [0.15, 0.2) is 5.16 Å². The molecule has 1 amide bonds. The SMILES string of the molecule is Cc1cc(N)nc(SCC(=O)N/N=C2/CC3CCC2(C)C3(C)C)n1. The Kier molecular flexibility index (Phi) is 4.32. The third-order valence-electron chi connectivity index (χ3n) is 6.01. The lowest BCUT2D eigenvalue weighted by atomic mass is 9.70. The molecule has 2 saturated carbocycles. The summed E-state index contributed by atoms with van der Waals surface area (Å²) in [6.07, 6.45) is 3.41. The minimum Gasteiger partial charge on any atom is -0.384 e. The van der Waals surface area contributed by atoms with Crippen molar-refractivity contribution in [2.24, 2.45) is 21.8 Å². The number of amides is 1. The fraction of sp³-hybridized carbons (Fsp3) is 0.647. The minimum atomic E-state index is -0.139. The van der Waals surface area contributed by atoms with Crippen molar-refractivity contribution in [1.82, 2.24) is 15.4 Å². The van der Waals surface area contributed by atoms with E-state index < -0.39 is 0 Å². The first-order valence-electron chi connectivity index (χ1n) is 8.32. The van der Waals surface area contributed by atoms with Gasteiger partial charge in [-0.05, 0) is 37.5 Å². The molecule has 130 valence electrons. The highest BCUT2D eigenvalue weighted by Crippen LogP contribution is 2.63. The molecule has 2 unspecified atom stereocenters. The summed E-state index contributed by atoms with van der Waals surface area (Å²) in [5, 5.41) is 4.98. The number of fused-ring (bicyclic) bond motifs is 2. The Morgan fingerprint density at radius 2 is 2.21 bits per heavy atom. The van der Waals surface area contributed by atoms with Crippen molar-refractivity contribution in [3.8, 4) is 0 Å². The second-order valence-corrected chi connectivity index (χ2v) is 8.53. The quantitative estimate of drug-likeness (QED) is 0.496. The van der Waals surface area contributed by atoms with Gasteiger partial charge in [0, 0.05) is 22.9 Å². The van der Waals surface area contributed by atoms with Crippen molar-refractivity contribution in [1.29, 1.82) is 0 Å². The van der Waals surface area contributed by atoms with Crippen LogP contribution in [-0.2, 0) is 4.79 Å². The van der Waals surface area contributed by atoms with Crippen molar-refractivity contribution < 1.29 is 4.79 Å². The Bertz CT molecular complexity index is 682. The molecule has 0 spiro atoms. The molecule has 24 heavy (non-hydrogen) atoms. The zero-order valence-corrected chi connectivity index (χ0v) is 15.5. The lowest BCUT2D eigenvalue weighted by Crippen LogP contribution is -2.34. The fourth-order valence-electron chi connectivity index (χ4n) is 4.02. The molecule has 2 bridgehead atoms. The van der Waals surface area contributed by atoms with Gasteiger partial charge in [0.1, 0.15) is 5.82 Å². The second kappa shape index (κ2) is 6.02. The molecular weight excluding hydrogens is 322 g/mol. The van der Waals surface area contributed by atoms with Gasteiger partial charge in [0.05, 0.1) is 5.75 Å². The zero-order valence-electron chi connectivity index (χ0n) is 14.7. The van der Waals surface area contributed by atoms with E-state index in [4.69, 9.17) is 5.73 Å². The summed E-state index contributed by atoms with van der Waals surface area (Å²) in [7, 11) is 0. The molecule has 1 aromatic heterocycles. The molecule has 7 heteroatoms. The molecule has 2 aliphatic rings. The van der Waals surface area contributed by atoms with E-state index in [9.17, 15) is 4.79 Å². The number of hydrazone groups is 1. The maximum atomic E-state index is 12.1. The Hall–Kier alpha value is -1.63. The Labute approximate surface area is 147 Å². The molecule has 2 aliphatic carbocycles. The number of nitrogens with zero attached hydrogens (tertiary/aromatic N) is 3. The summed E-state index contributed by atoms with van der Waals surface area (Å²) in [6, 6.07) is 1.70. The highest BCUT2D eigenvalue weighted by Gasteiger charge is 2.59. The van der Waals surface area contributed by atoms with Gasteiger partial charge in [-0.25, -0.2) is 15.4 Å². The molecule has 6 nitrogen and oxygen atoms in total. The van der Waals surface area contributed by atoms with E-state index in [1.807, 2.05) is 6.92 Å². The molecule has 3 N–H and O–H groups in total. The zero-order chi connectivity index (χ0) is 17.5. The largest absolute Gasteiger partial charge is 0.384 e. The average Bonchev–Trinajstić information content (AvgIpc) is 2.83. The monoisotopic (exact) mass is 347 g/mol. The van der Waals surface area contributed by atoms with Crippen LogP contribution in [0, 0.1) is 23.7 Å². The van der Waals surface area contributed by atoms with Crippen LogP contribution in [-0.4, -0.2) is 27.3 Å². The van der Waals surface area contributed by atoms with Gasteiger partial charge < -0.3 is 5.73 Å². The third kappa shape index (κ3) is 2.90. The van der Waals surface area contributed by atoms with Crippen LogP contribution in [0.25, 0.3) is 0 Å². The Morgan fingerprint density at radius 3 is 2.79 bits per heavy atom. The van der Waals surface area contributed by atoms with Crippen LogP contribution >= 0.6 is 11.8 Å². The van der Waals surface area contributed by atoms with E-state index in [-0.39, 0.29) is 22.5 Å². The van der Waals surface area contributed by atoms with Gasteiger partial charge in [-0.3, -0.25) is 4.79 Å². The standard InChI is InChI=1S/C17H25N5OS/c1-10-7-13(18)20-15(19-10)24-9-14(23)22-21-12-8-11-5-6-17(12,4)16(11,2)3/h7,11H,5-6,8-9H2,1-4H3,(H,22,23)(H2,18,19,20)/b21-12-. The Balaban J connectivity index is 1.58. The molecule has 0 saturated heterocycles.